The number of hydrogen-bond donors (Lipinski definition) is 2. The van der Waals surface area contributed by atoms with Crippen LogP contribution in [0.1, 0.15) is 24.8 Å². The molecule has 0 unspecified atom stereocenters. The second-order valence-corrected chi connectivity index (χ2v) is 5.78. The Morgan fingerprint density at radius 2 is 2.14 bits per heavy atom. The lowest BCUT2D eigenvalue weighted by molar-refractivity contribution is -0.00163. The van der Waals surface area contributed by atoms with Gasteiger partial charge < -0.3 is 20.1 Å². The zero-order valence-electron chi connectivity index (χ0n) is 12.1. The van der Waals surface area contributed by atoms with Gasteiger partial charge in [-0.2, -0.15) is 0 Å². The highest BCUT2D eigenvalue weighted by molar-refractivity contribution is 5.68. The van der Waals surface area contributed by atoms with Crippen molar-refractivity contribution in [2.24, 2.45) is 0 Å². The van der Waals surface area contributed by atoms with Crippen LogP contribution in [0.15, 0.2) is 30.3 Å². The van der Waals surface area contributed by atoms with Crippen molar-refractivity contribution in [2.75, 3.05) is 13.1 Å². The van der Waals surface area contributed by atoms with Crippen LogP contribution in [-0.2, 0) is 11.3 Å². The number of nitrogens with one attached hydrogen (secondary N) is 1. The van der Waals surface area contributed by atoms with Crippen molar-refractivity contribution in [3.8, 4) is 0 Å². The average molecular weight is 290 g/mol. The highest BCUT2D eigenvalue weighted by atomic mass is 16.6. The first-order chi connectivity index (χ1) is 10.3. The summed E-state index contributed by atoms with van der Waals surface area (Å²) >= 11 is 0. The van der Waals surface area contributed by atoms with Crippen molar-refractivity contribution in [3.63, 3.8) is 0 Å². The van der Waals surface area contributed by atoms with E-state index >= 15 is 0 Å². The maximum absolute atomic E-state index is 12.3. The molecule has 1 heterocycles. The molecule has 5 heteroatoms. The van der Waals surface area contributed by atoms with Crippen LogP contribution < -0.4 is 5.32 Å². The van der Waals surface area contributed by atoms with E-state index in [1.807, 2.05) is 30.3 Å². The number of aliphatic hydroxyl groups excluding tert-OH is 1. The first kappa shape index (κ1) is 14.4. The normalized spacial score (nSPS) is 28.8. The topological polar surface area (TPSA) is 61.8 Å². The van der Waals surface area contributed by atoms with Gasteiger partial charge in [-0.15, -0.1) is 0 Å². The first-order valence-corrected chi connectivity index (χ1v) is 7.64. The molecule has 2 N–H and O–H groups in total. The van der Waals surface area contributed by atoms with E-state index in [0.717, 1.165) is 24.8 Å². The van der Waals surface area contributed by atoms with E-state index in [9.17, 15) is 9.90 Å². The summed E-state index contributed by atoms with van der Waals surface area (Å²) in [5, 5.41) is 13.4. The van der Waals surface area contributed by atoms with Gasteiger partial charge in [0.15, 0.2) is 0 Å². The number of amides is 1. The molecule has 0 bridgehead atoms. The predicted molar refractivity (Wildman–Crippen MR) is 78.8 cm³/mol. The van der Waals surface area contributed by atoms with Gasteiger partial charge in [0.05, 0.1) is 18.2 Å². The number of aliphatic hydroxyl groups is 1. The molecule has 1 aliphatic heterocycles. The molecule has 1 amide bonds. The summed E-state index contributed by atoms with van der Waals surface area (Å²) in [5.41, 5.74) is 0.987. The van der Waals surface area contributed by atoms with Gasteiger partial charge in [0.1, 0.15) is 6.61 Å². The third kappa shape index (κ3) is 3.19. The Morgan fingerprint density at radius 1 is 1.33 bits per heavy atom. The fourth-order valence-electron chi connectivity index (χ4n) is 3.32. The number of carbonyl (C=O) groups excluding carboxylic acids is 1. The zero-order chi connectivity index (χ0) is 14.7. The molecular formula is C16H22N2O3. The van der Waals surface area contributed by atoms with E-state index in [1.165, 1.54) is 0 Å². The van der Waals surface area contributed by atoms with Gasteiger partial charge in [0.25, 0.3) is 0 Å². The summed E-state index contributed by atoms with van der Waals surface area (Å²) in [7, 11) is 0. The number of hydrogen-bond acceptors (Lipinski definition) is 4. The molecule has 5 nitrogen and oxygen atoms in total. The lowest BCUT2D eigenvalue weighted by Gasteiger charge is -2.45. The maximum Gasteiger partial charge on any atom is 0.410 e. The van der Waals surface area contributed by atoms with E-state index in [2.05, 4.69) is 5.32 Å². The van der Waals surface area contributed by atoms with E-state index in [0.29, 0.717) is 19.7 Å². The summed E-state index contributed by atoms with van der Waals surface area (Å²) in [6.45, 7) is 1.64. The predicted octanol–water partition coefficient (Wildman–Crippen LogP) is 1.51. The molecule has 21 heavy (non-hydrogen) atoms. The second kappa shape index (κ2) is 6.45. The molecule has 0 radical (unpaired) electrons. The van der Waals surface area contributed by atoms with Crippen LogP contribution in [-0.4, -0.2) is 47.4 Å². The van der Waals surface area contributed by atoms with Crippen LogP contribution in [0.25, 0.3) is 0 Å². The minimum atomic E-state index is -0.367. The van der Waals surface area contributed by atoms with Crippen molar-refractivity contribution in [1.29, 1.82) is 0 Å². The molecule has 0 spiro atoms. The lowest BCUT2D eigenvalue weighted by Crippen LogP contribution is -2.64. The fraction of sp³-hybridized carbons (Fsp3) is 0.562. The standard InChI is InChI=1S/C16H22N2O3/c19-14-8-4-7-13-15(14)17-9-10-18(13)16(20)21-11-12-5-2-1-3-6-12/h1-3,5-6,13-15,17,19H,4,7-11H2/t13-,14+,15-/m0/s1. The third-order valence-electron chi connectivity index (χ3n) is 4.40. The number of fused-ring (bicyclic) bond motifs is 1. The van der Waals surface area contributed by atoms with Gasteiger partial charge >= 0.3 is 6.09 Å². The van der Waals surface area contributed by atoms with E-state index in [-0.39, 0.29) is 24.3 Å². The van der Waals surface area contributed by atoms with Crippen LogP contribution in [0, 0.1) is 0 Å². The minimum Gasteiger partial charge on any atom is -0.445 e. The van der Waals surface area contributed by atoms with E-state index in [1.54, 1.807) is 4.90 Å². The highest BCUT2D eigenvalue weighted by Gasteiger charge is 2.40. The van der Waals surface area contributed by atoms with Crippen molar-refractivity contribution < 1.29 is 14.6 Å². The minimum absolute atomic E-state index is 0.0169. The van der Waals surface area contributed by atoms with E-state index in [4.69, 9.17) is 4.74 Å². The van der Waals surface area contributed by atoms with Gasteiger partial charge in [0.2, 0.25) is 0 Å². The van der Waals surface area contributed by atoms with Gasteiger partial charge in [0, 0.05) is 13.1 Å². The molecule has 1 saturated carbocycles. The van der Waals surface area contributed by atoms with Crippen LogP contribution in [0.3, 0.4) is 0 Å². The van der Waals surface area contributed by atoms with Crippen LogP contribution in [0.5, 0.6) is 0 Å². The van der Waals surface area contributed by atoms with Crippen LogP contribution in [0.4, 0.5) is 4.79 Å². The van der Waals surface area contributed by atoms with Gasteiger partial charge in [-0.1, -0.05) is 30.3 Å². The molecule has 114 valence electrons. The van der Waals surface area contributed by atoms with Crippen LogP contribution >= 0.6 is 0 Å². The van der Waals surface area contributed by atoms with Crippen molar-refractivity contribution in [1.82, 2.24) is 10.2 Å². The van der Waals surface area contributed by atoms with Crippen molar-refractivity contribution >= 4 is 6.09 Å². The van der Waals surface area contributed by atoms with Crippen molar-refractivity contribution in [3.05, 3.63) is 35.9 Å². The van der Waals surface area contributed by atoms with Gasteiger partial charge in [-0.05, 0) is 24.8 Å². The Hall–Kier alpha value is -1.59. The zero-order valence-corrected chi connectivity index (χ0v) is 12.1. The highest BCUT2D eigenvalue weighted by Crippen LogP contribution is 2.26. The number of ether oxygens (including phenoxy) is 1. The fourth-order valence-corrected chi connectivity index (χ4v) is 3.32. The van der Waals surface area contributed by atoms with E-state index < -0.39 is 0 Å². The van der Waals surface area contributed by atoms with Gasteiger partial charge in [-0.3, -0.25) is 0 Å². The van der Waals surface area contributed by atoms with Crippen molar-refractivity contribution in [2.45, 2.75) is 44.1 Å². The second-order valence-electron chi connectivity index (χ2n) is 5.78. The maximum atomic E-state index is 12.3. The molecule has 3 rings (SSSR count). The number of benzene rings is 1. The summed E-state index contributed by atoms with van der Waals surface area (Å²) < 4.78 is 5.43. The van der Waals surface area contributed by atoms with Gasteiger partial charge in [-0.25, -0.2) is 4.79 Å². The molecule has 0 aromatic heterocycles. The molecule has 1 saturated heterocycles. The summed E-state index contributed by atoms with van der Waals surface area (Å²) in [4.78, 5) is 14.1. The summed E-state index contributed by atoms with van der Waals surface area (Å²) in [5.74, 6) is 0. The molecule has 2 aliphatic rings. The number of nitrogens with zero attached hydrogens (tertiary/aromatic N) is 1. The number of carbonyl (C=O) groups is 1. The Labute approximate surface area is 124 Å². The summed E-state index contributed by atoms with van der Waals surface area (Å²) in [6, 6.07) is 9.72. The Balaban J connectivity index is 1.61. The summed E-state index contributed by atoms with van der Waals surface area (Å²) in [6.07, 6.45) is 2.04. The molecule has 1 aromatic rings. The quantitative estimate of drug-likeness (QED) is 0.867. The number of rotatable bonds is 2. The lowest BCUT2D eigenvalue weighted by atomic mass is 9.85. The molecule has 1 aliphatic carbocycles. The Kier molecular flexibility index (Phi) is 4.41. The average Bonchev–Trinajstić information content (AvgIpc) is 2.53. The third-order valence-corrected chi connectivity index (χ3v) is 4.40. The number of piperazine rings is 1. The molecule has 2 fully saturated rings. The Morgan fingerprint density at radius 3 is 2.95 bits per heavy atom. The smallest absolute Gasteiger partial charge is 0.410 e. The largest absolute Gasteiger partial charge is 0.445 e. The SMILES string of the molecule is O=C(OCc1ccccc1)N1CCN[C@@H]2[C@H](O)CCC[C@@H]21. The molecule has 3 atom stereocenters. The molecule has 1 aromatic carbocycles. The van der Waals surface area contributed by atoms with Crippen LogP contribution in [0.2, 0.25) is 0 Å². The first-order valence-electron chi connectivity index (χ1n) is 7.64. The monoisotopic (exact) mass is 290 g/mol. The molecular weight excluding hydrogens is 268 g/mol. The Bertz CT molecular complexity index is 480.